The van der Waals surface area contributed by atoms with Gasteiger partial charge in [-0.3, -0.25) is 4.79 Å². The maximum atomic E-state index is 12.2. The van der Waals surface area contributed by atoms with Gasteiger partial charge < -0.3 is 14.5 Å². The minimum atomic E-state index is -1.24. The molecular formula is C14H15N3O4S. The molecule has 0 atom stereocenters. The number of thioether (sulfide) groups is 1. The molecule has 0 fully saturated rings. The van der Waals surface area contributed by atoms with Gasteiger partial charge in [-0.1, -0.05) is 16.9 Å². The summed E-state index contributed by atoms with van der Waals surface area (Å²) in [6.45, 7) is 5.56. The number of hydrogen-bond acceptors (Lipinski definition) is 6. The van der Waals surface area contributed by atoms with Crippen LogP contribution in [-0.2, 0) is 17.8 Å². The average Bonchev–Trinajstić information content (AvgIpc) is 2.90. The van der Waals surface area contributed by atoms with Crippen LogP contribution < -0.4 is 5.43 Å². The second kappa shape index (κ2) is 5.85. The molecule has 22 heavy (non-hydrogen) atoms. The monoisotopic (exact) mass is 321 g/mol. The van der Waals surface area contributed by atoms with Crippen LogP contribution >= 0.6 is 11.8 Å². The van der Waals surface area contributed by atoms with E-state index in [0.29, 0.717) is 22.2 Å². The number of oxime groups is 1. The van der Waals surface area contributed by atoms with Crippen molar-refractivity contribution in [2.45, 2.75) is 44.4 Å². The van der Waals surface area contributed by atoms with Crippen LogP contribution in [0, 0.1) is 11.3 Å². The lowest BCUT2D eigenvalue weighted by molar-refractivity contribution is 0.0307. The Balaban J connectivity index is 2.41. The van der Waals surface area contributed by atoms with E-state index in [-0.39, 0.29) is 12.0 Å². The molecule has 0 amide bonds. The van der Waals surface area contributed by atoms with Gasteiger partial charge in [-0.2, -0.15) is 5.26 Å². The number of carbonyl (C=O) groups is 1. The van der Waals surface area contributed by atoms with Crippen molar-refractivity contribution < 1.29 is 14.7 Å². The first-order valence-corrected chi connectivity index (χ1v) is 7.44. The predicted molar refractivity (Wildman–Crippen MR) is 81.1 cm³/mol. The number of fused-ring (bicyclic) bond motifs is 1. The highest BCUT2D eigenvalue weighted by molar-refractivity contribution is 8.14. The molecule has 0 bridgehead atoms. The van der Waals surface area contributed by atoms with E-state index in [4.69, 9.17) is 15.2 Å². The summed E-state index contributed by atoms with van der Waals surface area (Å²) in [5.74, 6) is -1.24. The minimum Gasteiger partial charge on any atom is -0.477 e. The number of rotatable bonds is 4. The summed E-state index contributed by atoms with van der Waals surface area (Å²) in [5.41, 5.74) is -1.40. The molecule has 116 valence electrons. The molecule has 0 saturated carbocycles. The van der Waals surface area contributed by atoms with Gasteiger partial charge in [0.1, 0.15) is 16.7 Å². The second-order valence-electron chi connectivity index (χ2n) is 5.22. The number of pyridine rings is 1. The van der Waals surface area contributed by atoms with E-state index >= 15 is 0 Å². The second-order valence-corrected chi connectivity index (χ2v) is 6.29. The van der Waals surface area contributed by atoms with E-state index < -0.39 is 17.0 Å². The Morgan fingerprint density at radius 2 is 2.32 bits per heavy atom. The van der Waals surface area contributed by atoms with E-state index in [1.807, 2.05) is 13.0 Å². The van der Waals surface area contributed by atoms with Gasteiger partial charge in [0.2, 0.25) is 11.0 Å². The lowest BCUT2D eigenvalue weighted by Crippen LogP contribution is -2.22. The summed E-state index contributed by atoms with van der Waals surface area (Å²) in [4.78, 5) is 28.5. The van der Waals surface area contributed by atoms with Gasteiger partial charge in [0.05, 0.1) is 5.03 Å². The fourth-order valence-corrected chi connectivity index (χ4v) is 3.01. The number of aromatic carboxylic acids is 1. The molecule has 1 aromatic heterocycles. The van der Waals surface area contributed by atoms with Crippen LogP contribution in [-0.4, -0.2) is 26.3 Å². The number of carboxylic acid groups (broad SMARTS) is 1. The van der Waals surface area contributed by atoms with Crippen LogP contribution in [0.2, 0.25) is 0 Å². The number of nitriles is 1. The van der Waals surface area contributed by atoms with Gasteiger partial charge >= 0.3 is 5.97 Å². The van der Waals surface area contributed by atoms with Crippen LogP contribution in [0.1, 0.15) is 36.7 Å². The summed E-state index contributed by atoms with van der Waals surface area (Å²) in [5, 5.41) is 23.1. The lowest BCUT2D eigenvalue weighted by Gasteiger charge is -2.12. The van der Waals surface area contributed by atoms with Gasteiger partial charge in [-0.25, -0.2) is 4.79 Å². The largest absolute Gasteiger partial charge is 0.477 e. The Bertz CT molecular complexity index is 759. The standard InChI is InChI=1S/C14H15N3O4S/c1-4-17-6-9(13(19)20)11(18)8-5-10(22-12(8)17)16-21-14(2,3)7-15/h6H,4-5H2,1-3H3,(H,19,20). The van der Waals surface area contributed by atoms with E-state index in [0.717, 1.165) is 0 Å². The van der Waals surface area contributed by atoms with E-state index in [2.05, 4.69) is 5.16 Å². The average molecular weight is 321 g/mol. The summed E-state index contributed by atoms with van der Waals surface area (Å²) >= 11 is 1.26. The quantitative estimate of drug-likeness (QED) is 0.849. The normalized spacial score (nSPS) is 15.5. The van der Waals surface area contributed by atoms with Crippen molar-refractivity contribution in [3.8, 4) is 6.07 Å². The van der Waals surface area contributed by atoms with Gasteiger partial charge in [0.25, 0.3) is 0 Å². The first-order chi connectivity index (χ1) is 10.3. The molecule has 2 heterocycles. The molecular weight excluding hydrogens is 306 g/mol. The fraction of sp³-hybridized carbons (Fsp3) is 0.429. The fourth-order valence-electron chi connectivity index (χ4n) is 1.90. The van der Waals surface area contributed by atoms with Crippen LogP contribution in [0.25, 0.3) is 0 Å². The van der Waals surface area contributed by atoms with E-state index in [1.54, 1.807) is 18.4 Å². The molecule has 1 N–H and O–H groups in total. The number of aryl methyl sites for hydroxylation is 1. The van der Waals surface area contributed by atoms with Crippen molar-refractivity contribution in [1.29, 1.82) is 5.26 Å². The first kappa shape index (κ1) is 16.1. The molecule has 0 radical (unpaired) electrons. The van der Waals surface area contributed by atoms with Crippen LogP contribution in [0.15, 0.2) is 21.2 Å². The van der Waals surface area contributed by atoms with Gasteiger partial charge in [0, 0.05) is 24.7 Å². The van der Waals surface area contributed by atoms with Gasteiger partial charge in [-0.15, -0.1) is 0 Å². The SMILES string of the molecule is CCn1cc(C(=O)O)c(=O)c2c1SC(=NOC(C)(C)C#N)C2. The van der Waals surface area contributed by atoms with E-state index in [1.165, 1.54) is 18.0 Å². The van der Waals surface area contributed by atoms with Crippen molar-refractivity contribution in [2.24, 2.45) is 5.16 Å². The van der Waals surface area contributed by atoms with E-state index in [9.17, 15) is 9.59 Å². The molecule has 1 aromatic rings. The first-order valence-electron chi connectivity index (χ1n) is 6.62. The van der Waals surface area contributed by atoms with Crippen molar-refractivity contribution >= 4 is 22.8 Å². The molecule has 1 aliphatic heterocycles. The number of hydrogen-bond donors (Lipinski definition) is 1. The van der Waals surface area contributed by atoms with Crippen molar-refractivity contribution in [3.63, 3.8) is 0 Å². The molecule has 0 spiro atoms. The minimum absolute atomic E-state index is 0.210. The molecule has 7 nitrogen and oxygen atoms in total. The Hall–Kier alpha value is -2.27. The Kier molecular flexibility index (Phi) is 4.28. The number of nitrogens with zero attached hydrogens (tertiary/aromatic N) is 3. The third kappa shape index (κ3) is 2.99. The maximum absolute atomic E-state index is 12.2. The third-order valence-electron chi connectivity index (χ3n) is 3.08. The van der Waals surface area contributed by atoms with Crippen molar-refractivity contribution in [1.82, 2.24) is 4.57 Å². The Morgan fingerprint density at radius 1 is 1.64 bits per heavy atom. The molecule has 2 rings (SSSR count). The highest BCUT2D eigenvalue weighted by atomic mass is 32.2. The zero-order valence-corrected chi connectivity index (χ0v) is 13.2. The molecule has 0 unspecified atom stereocenters. The van der Waals surface area contributed by atoms with Crippen LogP contribution in [0.3, 0.4) is 0 Å². The number of carboxylic acids is 1. The van der Waals surface area contributed by atoms with Gasteiger partial charge in [0.15, 0.2) is 0 Å². The summed E-state index contributed by atoms with van der Waals surface area (Å²) in [6.07, 6.45) is 1.56. The number of aromatic nitrogens is 1. The van der Waals surface area contributed by atoms with Crippen LogP contribution in [0.4, 0.5) is 0 Å². The Morgan fingerprint density at radius 3 is 2.86 bits per heavy atom. The predicted octanol–water partition coefficient (Wildman–Crippen LogP) is 1.85. The zero-order chi connectivity index (χ0) is 16.5. The lowest BCUT2D eigenvalue weighted by atomic mass is 10.1. The highest BCUT2D eigenvalue weighted by Gasteiger charge is 2.28. The molecule has 0 saturated heterocycles. The highest BCUT2D eigenvalue weighted by Crippen LogP contribution is 2.32. The summed E-state index contributed by atoms with van der Waals surface area (Å²) in [7, 11) is 0. The zero-order valence-electron chi connectivity index (χ0n) is 12.4. The molecule has 0 aliphatic carbocycles. The summed E-state index contributed by atoms with van der Waals surface area (Å²) in [6, 6.07) is 1.96. The Labute approximate surface area is 131 Å². The molecule has 8 heteroatoms. The maximum Gasteiger partial charge on any atom is 0.341 e. The summed E-state index contributed by atoms with van der Waals surface area (Å²) < 4.78 is 1.71. The molecule has 1 aliphatic rings. The molecule has 0 aromatic carbocycles. The van der Waals surface area contributed by atoms with Crippen molar-refractivity contribution in [2.75, 3.05) is 0 Å². The topological polar surface area (TPSA) is 105 Å². The van der Waals surface area contributed by atoms with Crippen LogP contribution in [0.5, 0.6) is 0 Å². The van der Waals surface area contributed by atoms with Crippen molar-refractivity contribution in [3.05, 3.63) is 27.5 Å². The van der Waals surface area contributed by atoms with Gasteiger partial charge in [-0.05, 0) is 20.8 Å². The third-order valence-corrected chi connectivity index (χ3v) is 4.21. The smallest absolute Gasteiger partial charge is 0.341 e.